The molecule has 1 atom stereocenters. The minimum atomic E-state index is -0.0785. The normalized spacial score (nSPS) is 12.6. The fourth-order valence-electron chi connectivity index (χ4n) is 2.89. The van der Waals surface area contributed by atoms with Gasteiger partial charge >= 0.3 is 0 Å². The van der Waals surface area contributed by atoms with Crippen LogP contribution < -0.4 is 11.1 Å². The molecule has 1 unspecified atom stereocenters. The van der Waals surface area contributed by atoms with Gasteiger partial charge in [-0.1, -0.05) is 71.1 Å². The number of halogens is 1. The smallest absolute Gasteiger partial charge is 0.191 e. The second kappa shape index (κ2) is 9.39. The molecule has 2 aromatic heterocycles. The Hall–Kier alpha value is -1.42. The minimum Gasteiger partial charge on any atom is -0.394 e. The number of thioether (sulfide) groups is 1. The van der Waals surface area contributed by atoms with Crippen LogP contribution in [-0.2, 0) is 5.75 Å². The van der Waals surface area contributed by atoms with Gasteiger partial charge < -0.3 is 16.2 Å². The molecule has 0 amide bonds. The van der Waals surface area contributed by atoms with Crippen molar-refractivity contribution < 1.29 is 5.11 Å². The molecule has 2 heterocycles. The van der Waals surface area contributed by atoms with E-state index in [1.165, 1.54) is 22.5 Å². The molecule has 0 aliphatic heterocycles. The maximum atomic E-state index is 9.74. The number of anilines is 2. The molecule has 9 heteroatoms. The molecule has 0 spiro atoms. The molecule has 0 saturated carbocycles. The molecular weight excluding hydrogens is 458 g/mol. The Labute approximate surface area is 181 Å². The molecule has 3 aromatic rings. The van der Waals surface area contributed by atoms with Crippen LogP contribution in [0.2, 0.25) is 0 Å². The fourth-order valence-corrected chi connectivity index (χ4v) is 5.03. The van der Waals surface area contributed by atoms with E-state index in [9.17, 15) is 5.11 Å². The number of hydrogen-bond donors (Lipinski definition) is 3. The molecule has 4 N–H and O–H groups in total. The van der Waals surface area contributed by atoms with Gasteiger partial charge in [0.25, 0.3) is 0 Å². The molecule has 6 nitrogen and oxygen atoms in total. The van der Waals surface area contributed by atoms with Gasteiger partial charge in [0.1, 0.15) is 4.70 Å². The SMILES string of the molecule is Cc1cccc(CSc2nc(NC(CO)CC(C)C)c3sc(N)nc3n2)c1Br. The number of hydrogen-bond acceptors (Lipinski definition) is 8. The van der Waals surface area contributed by atoms with Crippen LogP contribution in [0.4, 0.5) is 10.9 Å². The summed E-state index contributed by atoms with van der Waals surface area (Å²) in [6.07, 6.45) is 0.842. The molecule has 0 bridgehead atoms. The number of rotatable bonds is 8. The van der Waals surface area contributed by atoms with Gasteiger partial charge in [-0.2, -0.15) is 0 Å². The molecule has 1 aromatic carbocycles. The quantitative estimate of drug-likeness (QED) is 0.312. The van der Waals surface area contributed by atoms with Gasteiger partial charge in [-0.05, 0) is 30.4 Å². The third-order valence-electron chi connectivity index (χ3n) is 4.20. The predicted octanol–water partition coefficient (Wildman–Crippen LogP) is 4.85. The van der Waals surface area contributed by atoms with E-state index in [1.54, 1.807) is 11.8 Å². The van der Waals surface area contributed by atoms with Gasteiger partial charge in [-0.3, -0.25) is 0 Å². The molecular formula is C19H24BrN5OS2. The summed E-state index contributed by atoms with van der Waals surface area (Å²) in [6, 6.07) is 6.13. The molecule has 0 radical (unpaired) electrons. The maximum Gasteiger partial charge on any atom is 0.191 e. The zero-order valence-corrected chi connectivity index (χ0v) is 19.3. The average molecular weight is 482 g/mol. The Morgan fingerprint density at radius 2 is 2.07 bits per heavy atom. The minimum absolute atomic E-state index is 0.0384. The van der Waals surface area contributed by atoms with Crippen LogP contribution in [0, 0.1) is 12.8 Å². The molecule has 28 heavy (non-hydrogen) atoms. The highest BCUT2D eigenvalue weighted by Gasteiger charge is 2.17. The lowest BCUT2D eigenvalue weighted by atomic mass is 10.0. The number of benzene rings is 1. The predicted molar refractivity (Wildman–Crippen MR) is 122 cm³/mol. The second-order valence-corrected chi connectivity index (χ2v) is 9.82. The highest BCUT2D eigenvalue weighted by molar-refractivity contribution is 9.10. The zero-order chi connectivity index (χ0) is 20.3. The van der Waals surface area contributed by atoms with Gasteiger partial charge in [0.2, 0.25) is 0 Å². The summed E-state index contributed by atoms with van der Waals surface area (Å²) in [4.78, 5) is 13.6. The van der Waals surface area contributed by atoms with Crippen molar-refractivity contribution in [1.29, 1.82) is 0 Å². The first kappa shape index (κ1) is 21.3. The number of aromatic nitrogens is 3. The Kier molecular flexibility index (Phi) is 7.14. The van der Waals surface area contributed by atoms with Gasteiger partial charge in [-0.15, -0.1) is 0 Å². The van der Waals surface area contributed by atoms with E-state index in [1.807, 2.05) is 6.07 Å². The van der Waals surface area contributed by atoms with Gasteiger partial charge in [0, 0.05) is 10.2 Å². The molecule has 0 aliphatic rings. The van der Waals surface area contributed by atoms with Crippen molar-refractivity contribution in [1.82, 2.24) is 15.0 Å². The van der Waals surface area contributed by atoms with Crippen molar-refractivity contribution in [2.75, 3.05) is 17.7 Å². The Bertz CT molecular complexity index is 963. The first-order chi connectivity index (χ1) is 13.4. The van der Waals surface area contributed by atoms with Crippen molar-refractivity contribution in [3.63, 3.8) is 0 Å². The highest BCUT2D eigenvalue weighted by Crippen LogP contribution is 2.33. The van der Waals surface area contributed by atoms with E-state index in [0.717, 1.165) is 21.3 Å². The van der Waals surface area contributed by atoms with Crippen LogP contribution >= 0.6 is 39.0 Å². The highest BCUT2D eigenvalue weighted by atomic mass is 79.9. The molecule has 3 rings (SSSR count). The first-order valence-corrected chi connectivity index (χ1v) is 11.6. The van der Waals surface area contributed by atoms with Gasteiger partial charge in [0.15, 0.2) is 21.8 Å². The molecule has 0 fully saturated rings. The van der Waals surface area contributed by atoms with Crippen molar-refractivity contribution in [3.05, 3.63) is 33.8 Å². The number of aryl methyl sites for hydroxylation is 1. The molecule has 150 valence electrons. The van der Waals surface area contributed by atoms with Crippen LogP contribution in [0.25, 0.3) is 10.3 Å². The number of nitrogens with one attached hydrogen (secondary N) is 1. The number of thiazole rings is 1. The average Bonchev–Trinajstić information content (AvgIpc) is 3.02. The van der Waals surface area contributed by atoms with E-state index in [-0.39, 0.29) is 12.6 Å². The third-order valence-corrected chi connectivity index (χ3v) is 7.11. The lowest BCUT2D eigenvalue weighted by Crippen LogP contribution is -2.26. The van der Waals surface area contributed by atoms with Crippen LogP contribution in [0.5, 0.6) is 0 Å². The molecule has 0 saturated heterocycles. The topological polar surface area (TPSA) is 97.0 Å². The van der Waals surface area contributed by atoms with Gasteiger partial charge in [-0.25, -0.2) is 15.0 Å². The van der Waals surface area contributed by atoms with E-state index in [0.29, 0.717) is 27.7 Å². The van der Waals surface area contributed by atoms with E-state index in [2.05, 4.69) is 64.1 Å². The molecule has 0 aliphatic carbocycles. The lowest BCUT2D eigenvalue weighted by molar-refractivity contribution is 0.259. The van der Waals surface area contributed by atoms with Crippen LogP contribution in [0.15, 0.2) is 27.8 Å². The summed E-state index contributed by atoms with van der Waals surface area (Å²) < 4.78 is 1.93. The van der Waals surface area contributed by atoms with E-state index in [4.69, 9.17) is 10.7 Å². The Balaban J connectivity index is 1.87. The van der Waals surface area contributed by atoms with E-state index >= 15 is 0 Å². The fraction of sp³-hybridized carbons (Fsp3) is 0.421. The number of nitrogen functional groups attached to an aromatic ring is 1. The van der Waals surface area contributed by atoms with Crippen LogP contribution in [-0.4, -0.2) is 32.7 Å². The number of aliphatic hydroxyl groups is 1. The third kappa shape index (κ3) is 5.14. The Morgan fingerprint density at radius 3 is 2.79 bits per heavy atom. The van der Waals surface area contributed by atoms with E-state index < -0.39 is 0 Å². The Morgan fingerprint density at radius 1 is 1.29 bits per heavy atom. The first-order valence-electron chi connectivity index (χ1n) is 9.05. The summed E-state index contributed by atoms with van der Waals surface area (Å²) in [7, 11) is 0. The van der Waals surface area contributed by atoms with Crippen LogP contribution in [0.1, 0.15) is 31.4 Å². The summed E-state index contributed by atoms with van der Waals surface area (Å²) >= 11 is 6.57. The van der Waals surface area contributed by atoms with Crippen molar-refractivity contribution in [2.24, 2.45) is 5.92 Å². The standard InChI is InChI=1S/C19H24BrN5OS2/c1-10(2)7-13(8-26)22-16-15-17(23-18(21)28-15)25-19(24-16)27-9-12-6-4-5-11(3)14(12)20/h4-6,10,13,26H,7-9H2,1-3H3,(H3,21,22,23,24,25). The monoisotopic (exact) mass is 481 g/mol. The van der Waals surface area contributed by atoms with Crippen LogP contribution in [0.3, 0.4) is 0 Å². The summed E-state index contributed by atoms with van der Waals surface area (Å²) in [5.74, 6) is 1.88. The number of fused-ring (bicyclic) bond motifs is 1. The number of aliphatic hydroxyl groups excluding tert-OH is 1. The van der Waals surface area contributed by atoms with Crippen molar-refractivity contribution >= 4 is 60.3 Å². The largest absolute Gasteiger partial charge is 0.394 e. The summed E-state index contributed by atoms with van der Waals surface area (Å²) in [5, 5.41) is 14.2. The van der Waals surface area contributed by atoms with Crippen molar-refractivity contribution in [2.45, 2.75) is 44.1 Å². The summed E-state index contributed by atoms with van der Waals surface area (Å²) in [5.41, 5.74) is 8.88. The van der Waals surface area contributed by atoms with Crippen molar-refractivity contribution in [3.8, 4) is 0 Å². The zero-order valence-electron chi connectivity index (χ0n) is 16.1. The lowest BCUT2D eigenvalue weighted by Gasteiger charge is -2.19. The maximum absolute atomic E-state index is 9.74. The number of nitrogens with zero attached hydrogens (tertiary/aromatic N) is 3. The number of nitrogens with two attached hydrogens (primary N) is 1. The van der Waals surface area contributed by atoms with Gasteiger partial charge in [0.05, 0.1) is 12.6 Å². The summed E-state index contributed by atoms with van der Waals surface area (Å²) in [6.45, 7) is 6.37. The second-order valence-electron chi connectivity index (χ2n) is 7.05.